The number of carbonyl (C=O) groups is 1. The Labute approximate surface area is 126 Å². The maximum atomic E-state index is 12.6. The Morgan fingerprint density at radius 2 is 2.05 bits per heavy atom. The average molecular weight is 290 g/mol. The van der Waals surface area contributed by atoms with Crippen LogP contribution in [-0.2, 0) is 11.2 Å². The molecule has 1 amide bonds. The molecule has 0 unspecified atom stereocenters. The fourth-order valence-corrected chi connectivity index (χ4v) is 3.10. The van der Waals surface area contributed by atoms with Gasteiger partial charge in [-0.1, -0.05) is 31.4 Å². The van der Waals surface area contributed by atoms with Crippen LogP contribution in [0.2, 0.25) is 0 Å². The molecule has 1 aromatic rings. The summed E-state index contributed by atoms with van der Waals surface area (Å²) in [6.07, 6.45) is 6.71. The standard InChI is InChI=1S/C17H26N2O2/c18-13-17(9-2-1-3-10-17)16(21)19-15-8-4-6-14(12-15)7-5-11-20/h4,6,8,12,20H,1-3,5,7,9-11,13,18H2,(H,19,21). The molecular weight excluding hydrogens is 264 g/mol. The first kappa shape index (κ1) is 16.0. The molecule has 0 bridgehead atoms. The van der Waals surface area contributed by atoms with Gasteiger partial charge in [-0.25, -0.2) is 0 Å². The van der Waals surface area contributed by atoms with Gasteiger partial charge in [0, 0.05) is 18.8 Å². The number of anilines is 1. The van der Waals surface area contributed by atoms with Crippen molar-refractivity contribution in [3.8, 4) is 0 Å². The lowest BCUT2D eigenvalue weighted by atomic mass is 9.73. The van der Waals surface area contributed by atoms with Gasteiger partial charge in [0.05, 0.1) is 5.41 Å². The van der Waals surface area contributed by atoms with Crippen LogP contribution in [0.4, 0.5) is 5.69 Å². The van der Waals surface area contributed by atoms with E-state index in [1.54, 1.807) is 0 Å². The first-order valence-corrected chi connectivity index (χ1v) is 7.91. The van der Waals surface area contributed by atoms with Crippen LogP contribution in [0.1, 0.15) is 44.1 Å². The fraction of sp³-hybridized carbons (Fsp3) is 0.588. The average Bonchev–Trinajstić information content (AvgIpc) is 2.54. The SMILES string of the molecule is NCC1(C(=O)Nc2cccc(CCCO)c2)CCCCC1. The van der Waals surface area contributed by atoms with Crippen molar-refractivity contribution in [3.05, 3.63) is 29.8 Å². The van der Waals surface area contributed by atoms with E-state index in [-0.39, 0.29) is 17.9 Å². The molecule has 116 valence electrons. The zero-order valence-electron chi connectivity index (χ0n) is 12.6. The molecule has 4 N–H and O–H groups in total. The van der Waals surface area contributed by atoms with Gasteiger partial charge in [-0.05, 0) is 43.4 Å². The van der Waals surface area contributed by atoms with Gasteiger partial charge < -0.3 is 16.2 Å². The zero-order chi connectivity index (χ0) is 15.1. The van der Waals surface area contributed by atoms with Gasteiger partial charge >= 0.3 is 0 Å². The minimum absolute atomic E-state index is 0.0593. The molecule has 1 fully saturated rings. The Kier molecular flexibility index (Phi) is 5.76. The Hall–Kier alpha value is -1.39. The van der Waals surface area contributed by atoms with Crippen molar-refractivity contribution < 1.29 is 9.90 Å². The number of rotatable bonds is 6. The highest BCUT2D eigenvalue weighted by atomic mass is 16.2. The van der Waals surface area contributed by atoms with Crippen LogP contribution in [0, 0.1) is 5.41 Å². The zero-order valence-corrected chi connectivity index (χ0v) is 12.6. The number of nitrogens with one attached hydrogen (secondary N) is 1. The first-order valence-electron chi connectivity index (χ1n) is 7.91. The number of nitrogens with two attached hydrogens (primary N) is 1. The van der Waals surface area contributed by atoms with Gasteiger partial charge in [0.15, 0.2) is 0 Å². The summed E-state index contributed by atoms with van der Waals surface area (Å²) in [7, 11) is 0. The Morgan fingerprint density at radius 1 is 1.29 bits per heavy atom. The number of aryl methyl sites for hydroxylation is 1. The molecule has 0 saturated heterocycles. The highest BCUT2D eigenvalue weighted by molar-refractivity contribution is 5.95. The van der Waals surface area contributed by atoms with Crippen LogP contribution in [0.3, 0.4) is 0 Å². The Balaban J connectivity index is 2.04. The highest BCUT2D eigenvalue weighted by Gasteiger charge is 2.38. The summed E-state index contributed by atoms with van der Waals surface area (Å²) in [5, 5.41) is 11.9. The predicted octanol–water partition coefficient (Wildman–Crippen LogP) is 2.46. The number of amides is 1. The van der Waals surface area contributed by atoms with E-state index in [9.17, 15) is 4.79 Å². The minimum Gasteiger partial charge on any atom is -0.396 e. The van der Waals surface area contributed by atoms with Crippen molar-refractivity contribution in [3.63, 3.8) is 0 Å². The molecule has 4 heteroatoms. The molecule has 0 atom stereocenters. The van der Waals surface area contributed by atoms with E-state index in [0.717, 1.165) is 49.8 Å². The summed E-state index contributed by atoms with van der Waals surface area (Å²) in [5.74, 6) is 0.0593. The van der Waals surface area contributed by atoms with Gasteiger partial charge in [0.2, 0.25) is 5.91 Å². The van der Waals surface area contributed by atoms with Crippen molar-refractivity contribution in [2.45, 2.75) is 44.9 Å². The Morgan fingerprint density at radius 3 is 2.71 bits per heavy atom. The Bertz CT molecular complexity index is 468. The van der Waals surface area contributed by atoms with E-state index in [0.29, 0.717) is 6.54 Å². The largest absolute Gasteiger partial charge is 0.396 e. The smallest absolute Gasteiger partial charge is 0.231 e. The van der Waals surface area contributed by atoms with Crippen LogP contribution in [-0.4, -0.2) is 24.2 Å². The van der Waals surface area contributed by atoms with Gasteiger partial charge in [0.1, 0.15) is 0 Å². The van der Waals surface area contributed by atoms with Gasteiger partial charge in [-0.15, -0.1) is 0 Å². The second kappa shape index (κ2) is 7.57. The van der Waals surface area contributed by atoms with Crippen LogP contribution < -0.4 is 11.1 Å². The molecule has 0 spiro atoms. The fourth-order valence-electron chi connectivity index (χ4n) is 3.10. The van der Waals surface area contributed by atoms with Crippen LogP contribution in [0.15, 0.2) is 24.3 Å². The molecule has 0 aromatic heterocycles. The van der Waals surface area contributed by atoms with Gasteiger partial charge in [-0.3, -0.25) is 4.79 Å². The van der Waals surface area contributed by atoms with E-state index in [1.807, 2.05) is 24.3 Å². The summed E-state index contributed by atoms with van der Waals surface area (Å²) in [4.78, 5) is 12.6. The highest BCUT2D eigenvalue weighted by Crippen LogP contribution is 2.36. The maximum absolute atomic E-state index is 12.6. The molecule has 1 aliphatic rings. The summed E-state index contributed by atoms with van der Waals surface area (Å²) in [6.45, 7) is 0.607. The molecule has 21 heavy (non-hydrogen) atoms. The van der Waals surface area contributed by atoms with Gasteiger partial charge in [-0.2, -0.15) is 0 Å². The third kappa shape index (κ3) is 4.05. The summed E-state index contributed by atoms with van der Waals surface area (Å²) in [5.41, 5.74) is 7.47. The van der Waals surface area contributed by atoms with E-state index in [4.69, 9.17) is 10.8 Å². The number of benzene rings is 1. The molecule has 1 saturated carbocycles. The second-order valence-corrected chi connectivity index (χ2v) is 6.03. The van der Waals surface area contributed by atoms with E-state index in [2.05, 4.69) is 5.32 Å². The number of aliphatic hydroxyl groups excluding tert-OH is 1. The maximum Gasteiger partial charge on any atom is 0.231 e. The lowest BCUT2D eigenvalue weighted by molar-refractivity contribution is -0.126. The number of hydrogen-bond acceptors (Lipinski definition) is 3. The molecular formula is C17H26N2O2. The summed E-state index contributed by atoms with van der Waals surface area (Å²) >= 11 is 0. The van der Waals surface area contributed by atoms with Crippen molar-refractivity contribution >= 4 is 11.6 Å². The third-order valence-corrected chi connectivity index (χ3v) is 4.49. The molecule has 4 nitrogen and oxygen atoms in total. The monoisotopic (exact) mass is 290 g/mol. The van der Waals surface area contributed by atoms with Crippen LogP contribution in [0.25, 0.3) is 0 Å². The predicted molar refractivity (Wildman–Crippen MR) is 85.1 cm³/mol. The molecule has 1 aliphatic carbocycles. The number of carbonyl (C=O) groups excluding carboxylic acids is 1. The summed E-state index contributed by atoms with van der Waals surface area (Å²) in [6, 6.07) is 7.86. The van der Waals surface area contributed by atoms with E-state index < -0.39 is 0 Å². The van der Waals surface area contributed by atoms with Crippen LogP contribution in [0.5, 0.6) is 0 Å². The number of hydrogen-bond donors (Lipinski definition) is 3. The normalized spacial score (nSPS) is 17.4. The minimum atomic E-state index is -0.390. The molecule has 0 radical (unpaired) electrons. The van der Waals surface area contributed by atoms with Crippen molar-refractivity contribution in [1.29, 1.82) is 0 Å². The van der Waals surface area contributed by atoms with E-state index in [1.165, 1.54) is 6.42 Å². The summed E-state index contributed by atoms with van der Waals surface area (Å²) < 4.78 is 0. The van der Waals surface area contributed by atoms with Crippen molar-refractivity contribution in [1.82, 2.24) is 0 Å². The van der Waals surface area contributed by atoms with Crippen molar-refractivity contribution in [2.75, 3.05) is 18.5 Å². The van der Waals surface area contributed by atoms with Crippen molar-refractivity contribution in [2.24, 2.45) is 11.1 Å². The topological polar surface area (TPSA) is 75.4 Å². The van der Waals surface area contributed by atoms with Gasteiger partial charge in [0.25, 0.3) is 0 Å². The second-order valence-electron chi connectivity index (χ2n) is 6.03. The molecule has 0 aliphatic heterocycles. The molecule has 2 rings (SSSR count). The first-order chi connectivity index (χ1) is 10.2. The molecule has 0 heterocycles. The lowest BCUT2D eigenvalue weighted by Crippen LogP contribution is -2.43. The quantitative estimate of drug-likeness (QED) is 0.753. The van der Waals surface area contributed by atoms with Crippen LogP contribution >= 0.6 is 0 Å². The third-order valence-electron chi connectivity index (χ3n) is 4.49. The molecule has 1 aromatic carbocycles. The lowest BCUT2D eigenvalue weighted by Gasteiger charge is -2.34. The number of aliphatic hydroxyl groups is 1. The van der Waals surface area contributed by atoms with E-state index >= 15 is 0 Å².